The van der Waals surface area contributed by atoms with Crippen LogP contribution in [0.15, 0.2) is 5.83 Å². The maximum absolute atomic E-state index is 16.7. The second kappa shape index (κ2) is 12.2. The third kappa shape index (κ3) is 4.95. The van der Waals surface area contributed by atoms with Crippen molar-refractivity contribution in [2.24, 2.45) is 0 Å². The third-order valence-electron chi connectivity index (χ3n) is 6.99. The lowest BCUT2D eigenvalue weighted by Crippen LogP contribution is -2.50. The molecule has 0 fully saturated rings. The van der Waals surface area contributed by atoms with Crippen LogP contribution in [0, 0.1) is 105 Å². The van der Waals surface area contributed by atoms with Gasteiger partial charge in [0.25, 0.3) is 5.57 Å². The van der Waals surface area contributed by atoms with E-state index in [-0.39, 0.29) is 0 Å². The molecular weight excluding hydrogens is 766 g/mol. The van der Waals surface area contributed by atoms with Crippen molar-refractivity contribution in [2.75, 3.05) is 0 Å². The Hall–Kier alpha value is -5.19. The van der Waals surface area contributed by atoms with Gasteiger partial charge in [0.15, 0.2) is 81.3 Å². The molecule has 4 aromatic rings. The van der Waals surface area contributed by atoms with Gasteiger partial charge in [-0.25, -0.2) is 79.0 Å². The quantitative estimate of drug-likeness (QED) is 0.0843. The first-order valence-electron chi connectivity index (χ1n) is 12.4. The molecule has 270 valence electrons. The lowest BCUT2D eigenvalue weighted by Gasteiger charge is -2.29. The maximum atomic E-state index is 16.7. The van der Waals surface area contributed by atoms with E-state index in [1.807, 2.05) is 0 Å². The van der Waals surface area contributed by atoms with Crippen LogP contribution in [0.25, 0.3) is 17.0 Å². The van der Waals surface area contributed by atoms with Gasteiger partial charge in [-0.2, -0.15) is 13.2 Å². The molecule has 0 amide bonds. The summed E-state index contributed by atoms with van der Waals surface area (Å²) in [5.74, 6) is -70.3. The van der Waals surface area contributed by atoms with Crippen LogP contribution in [0.1, 0.15) is 11.1 Å². The van der Waals surface area contributed by atoms with E-state index in [2.05, 4.69) is 9.31 Å². The zero-order chi connectivity index (χ0) is 38.5. The number of alkyl halides is 1. The molecule has 0 radical (unpaired) electrons. The Morgan fingerprint density at radius 1 is 0.314 bits per heavy atom. The summed E-state index contributed by atoms with van der Waals surface area (Å²) >= 11 is 0. The van der Waals surface area contributed by atoms with Gasteiger partial charge in [0.1, 0.15) is 0 Å². The molecule has 0 N–H and O–H groups in total. The van der Waals surface area contributed by atoms with Crippen LogP contribution in [0.4, 0.5) is 92.2 Å². The highest BCUT2D eigenvalue weighted by Gasteiger charge is 2.66. The molecule has 0 aliphatic heterocycles. The van der Waals surface area contributed by atoms with E-state index in [4.69, 9.17) is 0 Å². The van der Waals surface area contributed by atoms with E-state index < -0.39 is 163 Å². The van der Waals surface area contributed by atoms with E-state index in [1.165, 1.54) is 0 Å². The van der Waals surface area contributed by atoms with Crippen LogP contribution >= 0.6 is 0 Å². The molecule has 0 saturated carbocycles. The summed E-state index contributed by atoms with van der Waals surface area (Å²) in [5, 5.41) is 0. The van der Waals surface area contributed by atoms with Crippen LogP contribution in [0.2, 0.25) is 0 Å². The van der Waals surface area contributed by atoms with Gasteiger partial charge >= 0.3 is 7.12 Å². The number of halogens is 21. The van der Waals surface area contributed by atoms with E-state index in [9.17, 15) is 74.6 Å². The molecule has 0 saturated heterocycles. The topological polar surface area (TPSA) is 18.5 Å². The summed E-state index contributed by atoms with van der Waals surface area (Å²) in [6, 6.07) is 0. The fourth-order valence-corrected chi connectivity index (χ4v) is 4.64. The van der Waals surface area contributed by atoms with E-state index in [0.29, 0.717) is 0 Å². The van der Waals surface area contributed by atoms with Crippen molar-refractivity contribution in [3.8, 4) is 22.6 Å². The molecular formula is C27BF21O2. The first-order chi connectivity index (χ1) is 23.5. The van der Waals surface area contributed by atoms with Crippen molar-refractivity contribution < 1.29 is 102 Å². The van der Waals surface area contributed by atoms with Crippen LogP contribution < -0.4 is 9.31 Å². The molecule has 1 atom stereocenters. The lowest BCUT2D eigenvalue weighted by molar-refractivity contribution is 0.201. The molecule has 0 spiro atoms. The summed E-state index contributed by atoms with van der Waals surface area (Å²) in [5.41, 5.74) is -17.1. The van der Waals surface area contributed by atoms with Crippen molar-refractivity contribution in [1.82, 2.24) is 0 Å². The Morgan fingerprint density at radius 2 is 0.608 bits per heavy atom. The highest BCUT2D eigenvalue weighted by atomic mass is 19.2. The van der Waals surface area contributed by atoms with Crippen LogP contribution in [0.3, 0.4) is 0 Å². The standard InChI is InChI=1S/C27BF21O2/c29-5-1(6(30)12(36)16(40)11(5)35)2-7(31)13(37)18(42)21(45)24(2)50-28(51-25-22(46)19(43)17(41)20(44)23(25)47)27(49)4-3(9(33)26(27)48)8(32)14(38)15(39)10(4)34. The molecule has 1 aliphatic rings. The van der Waals surface area contributed by atoms with Crippen LogP contribution in [0.5, 0.6) is 11.5 Å². The SMILES string of the molecule is FC1=C(F)C(F)(B(Oc2c(F)c(F)c(F)c(F)c2F)Oc2c(F)c(F)c(F)c(F)c2-c2c(F)c(F)c(F)c(F)c2F)c2c(F)c(F)c(F)c(F)c21. The first kappa shape index (κ1) is 37.1. The zero-order valence-electron chi connectivity index (χ0n) is 22.8. The molecule has 51 heavy (non-hydrogen) atoms. The number of rotatable bonds is 6. The number of hydrogen-bond acceptors (Lipinski definition) is 2. The second-order valence-corrected chi connectivity index (χ2v) is 9.72. The predicted octanol–water partition coefficient (Wildman–Crippen LogP) is 9.83. The predicted molar refractivity (Wildman–Crippen MR) is 123 cm³/mol. The highest BCUT2D eigenvalue weighted by Crippen LogP contribution is 2.54. The lowest BCUT2D eigenvalue weighted by atomic mass is 9.64. The highest BCUT2D eigenvalue weighted by molar-refractivity contribution is 6.51. The largest absolute Gasteiger partial charge is 0.648 e. The smallest absolute Gasteiger partial charge is 0.521 e. The normalized spacial score (nSPS) is 15.5. The number of fused-ring (bicyclic) bond motifs is 1. The van der Waals surface area contributed by atoms with Gasteiger partial charge in [0.05, 0.1) is 16.7 Å². The second-order valence-electron chi connectivity index (χ2n) is 9.72. The van der Waals surface area contributed by atoms with Gasteiger partial charge in [0, 0.05) is 5.56 Å². The minimum atomic E-state index is -5.69. The van der Waals surface area contributed by atoms with Gasteiger partial charge in [-0.15, -0.1) is 0 Å². The van der Waals surface area contributed by atoms with Gasteiger partial charge in [-0.05, 0) is 0 Å². The average molecular weight is 766 g/mol. The summed E-state index contributed by atoms with van der Waals surface area (Å²) in [7, 11) is -4.75. The van der Waals surface area contributed by atoms with Crippen molar-refractivity contribution in [3.05, 3.63) is 122 Å². The molecule has 24 heteroatoms. The number of allylic oxidation sites excluding steroid dienone is 1. The molecule has 1 unspecified atom stereocenters. The van der Waals surface area contributed by atoms with E-state index in [1.54, 1.807) is 0 Å². The summed E-state index contributed by atoms with van der Waals surface area (Å²) in [4.78, 5) is 0. The van der Waals surface area contributed by atoms with Gasteiger partial charge in [0.2, 0.25) is 46.5 Å². The minimum Gasteiger partial charge on any atom is -0.521 e. The van der Waals surface area contributed by atoms with Crippen molar-refractivity contribution in [3.63, 3.8) is 0 Å². The number of hydrogen-bond donors (Lipinski definition) is 0. The maximum Gasteiger partial charge on any atom is 0.648 e. The van der Waals surface area contributed by atoms with E-state index >= 15 is 17.6 Å². The summed E-state index contributed by atoms with van der Waals surface area (Å²) in [6.45, 7) is 0. The molecule has 0 heterocycles. The monoisotopic (exact) mass is 766 g/mol. The minimum absolute atomic E-state index is 2.67. The number of benzene rings is 4. The average Bonchev–Trinajstić information content (AvgIpc) is 3.31. The van der Waals surface area contributed by atoms with Crippen molar-refractivity contribution >= 4 is 12.9 Å². The molecule has 4 aromatic carbocycles. The Balaban J connectivity index is 1.94. The Morgan fingerprint density at radius 3 is 1.04 bits per heavy atom. The van der Waals surface area contributed by atoms with Crippen molar-refractivity contribution in [1.29, 1.82) is 0 Å². The Kier molecular flexibility index (Phi) is 8.90. The summed E-state index contributed by atoms with van der Waals surface area (Å²) in [6.07, 6.45) is 0. The summed E-state index contributed by atoms with van der Waals surface area (Å²) < 4.78 is 313. The molecule has 2 nitrogen and oxygen atoms in total. The molecule has 0 bridgehead atoms. The van der Waals surface area contributed by atoms with Crippen LogP contribution in [-0.4, -0.2) is 7.12 Å². The third-order valence-corrected chi connectivity index (χ3v) is 6.99. The molecule has 1 aliphatic carbocycles. The van der Waals surface area contributed by atoms with Crippen LogP contribution in [-0.2, 0) is 5.57 Å². The molecule has 0 aromatic heterocycles. The van der Waals surface area contributed by atoms with E-state index in [0.717, 1.165) is 0 Å². The first-order valence-corrected chi connectivity index (χ1v) is 12.4. The fourth-order valence-electron chi connectivity index (χ4n) is 4.64. The Labute approximate surface area is 265 Å². The Bertz CT molecular complexity index is 2200. The zero-order valence-corrected chi connectivity index (χ0v) is 22.8. The van der Waals surface area contributed by atoms with Gasteiger partial charge in [-0.1, -0.05) is 0 Å². The fraction of sp³-hybridized carbons (Fsp3) is 0.0370. The van der Waals surface area contributed by atoms with Crippen molar-refractivity contribution in [2.45, 2.75) is 5.57 Å². The van der Waals surface area contributed by atoms with Gasteiger partial charge in [-0.3, -0.25) is 0 Å². The molecule has 5 rings (SSSR count). The van der Waals surface area contributed by atoms with Gasteiger partial charge < -0.3 is 9.31 Å².